The highest BCUT2D eigenvalue weighted by Gasteiger charge is 2.37. The maximum atomic E-state index is 11.3. The number of hydrogen-bond donors (Lipinski definition) is 0. The van der Waals surface area contributed by atoms with E-state index in [1.807, 2.05) is 0 Å². The molecule has 1 aliphatic carbocycles. The Labute approximate surface area is 103 Å². The lowest BCUT2D eigenvalue weighted by atomic mass is 9.83. The second-order valence-electron chi connectivity index (χ2n) is 4.71. The molecule has 3 heteroatoms. The zero-order valence-corrected chi connectivity index (χ0v) is 11.2. The van der Waals surface area contributed by atoms with Crippen molar-refractivity contribution in [3.8, 4) is 0 Å². The molecule has 0 aliphatic heterocycles. The highest BCUT2D eigenvalue weighted by Crippen LogP contribution is 2.43. The van der Waals surface area contributed by atoms with Crippen LogP contribution in [0.2, 0.25) is 0 Å². The van der Waals surface area contributed by atoms with Gasteiger partial charge >= 0.3 is 0 Å². The van der Waals surface area contributed by atoms with Gasteiger partial charge in [-0.1, -0.05) is 6.92 Å². The first kappa shape index (κ1) is 11.3. The molecule has 0 radical (unpaired) electrons. The summed E-state index contributed by atoms with van der Waals surface area (Å²) in [5, 5.41) is 0. The fourth-order valence-electron chi connectivity index (χ4n) is 2.53. The van der Waals surface area contributed by atoms with E-state index in [9.17, 15) is 4.79 Å². The van der Waals surface area contributed by atoms with Crippen LogP contribution in [-0.2, 0) is 11.2 Å². The lowest BCUT2D eigenvalue weighted by Gasteiger charge is -2.21. The second kappa shape index (κ2) is 4.38. The molecule has 0 amide bonds. The number of carbonyl (C=O) groups is 1. The fourth-order valence-corrected chi connectivity index (χ4v) is 4.17. The number of halogens is 1. The number of aldehydes is 1. The first-order chi connectivity index (χ1) is 7.13. The molecule has 0 aromatic carbocycles. The van der Waals surface area contributed by atoms with E-state index >= 15 is 0 Å². The molecule has 1 heterocycles. The van der Waals surface area contributed by atoms with Crippen LogP contribution in [-0.4, -0.2) is 6.29 Å². The van der Waals surface area contributed by atoms with Gasteiger partial charge in [-0.3, -0.25) is 0 Å². The number of hydrogen-bond acceptors (Lipinski definition) is 2. The Morgan fingerprint density at radius 2 is 2.47 bits per heavy atom. The van der Waals surface area contributed by atoms with E-state index in [4.69, 9.17) is 0 Å². The molecule has 15 heavy (non-hydrogen) atoms. The maximum absolute atomic E-state index is 11.3. The van der Waals surface area contributed by atoms with Crippen molar-refractivity contribution in [2.75, 3.05) is 0 Å². The minimum atomic E-state index is -0.0658. The summed E-state index contributed by atoms with van der Waals surface area (Å²) in [5.74, 6) is 0.707. The lowest BCUT2D eigenvalue weighted by molar-refractivity contribution is -0.116. The van der Waals surface area contributed by atoms with Gasteiger partial charge < -0.3 is 4.79 Å². The monoisotopic (exact) mass is 286 g/mol. The van der Waals surface area contributed by atoms with Crippen LogP contribution in [0.1, 0.15) is 31.1 Å². The molecule has 0 spiro atoms. The molecule has 2 rings (SSSR count). The summed E-state index contributed by atoms with van der Waals surface area (Å²) >= 11 is 5.21. The van der Waals surface area contributed by atoms with Crippen LogP contribution >= 0.6 is 27.3 Å². The van der Waals surface area contributed by atoms with Gasteiger partial charge in [0, 0.05) is 10.3 Å². The summed E-state index contributed by atoms with van der Waals surface area (Å²) < 4.78 is 1.16. The van der Waals surface area contributed by atoms with Crippen LogP contribution in [0.3, 0.4) is 0 Å². The van der Waals surface area contributed by atoms with Crippen molar-refractivity contribution >= 4 is 33.6 Å². The van der Waals surface area contributed by atoms with Gasteiger partial charge in [0.1, 0.15) is 6.29 Å². The summed E-state index contributed by atoms with van der Waals surface area (Å²) in [6, 6.07) is 4.19. The highest BCUT2D eigenvalue weighted by molar-refractivity contribution is 9.11. The Kier molecular flexibility index (Phi) is 3.31. The molecule has 1 saturated carbocycles. The molecular weight excluding hydrogens is 272 g/mol. The number of carbonyl (C=O) groups excluding carboxylic acids is 1. The molecule has 1 aromatic heterocycles. The van der Waals surface area contributed by atoms with Gasteiger partial charge in [0.05, 0.1) is 3.79 Å². The minimum absolute atomic E-state index is 0.0658. The highest BCUT2D eigenvalue weighted by atomic mass is 79.9. The first-order valence-electron chi connectivity index (χ1n) is 5.34. The zero-order chi connectivity index (χ0) is 10.9. The predicted molar refractivity (Wildman–Crippen MR) is 67.2 cm³/mol. The minimum Gasteiger partial charge on any atom is -0.303 e. The normalized spacial score (nSPS) is 30.7. The van der Waals surface area contributed by atoms with Gasteiger partial charge in [-0.25, -0.2) is 0 Å². The van der Waals surface area contributed by atoms with E-state index in [1.165, 1.54) is 17.6 Å². The Morgan fingerprint density at radius 3 is 2.93 bits per heavy atom. The predicted octanol–water partition coefficient (Wildman–Crippen LogP) is 4.06. The van der Waals surface area contributed by atoms with Crippen molar-refractivity contribution < 1.29 is 4.79 Å². The first-order valence-corrected chi connectivity index (χ1v) is 6.95. The van der Waals surface area contributed by atoms with Crippen LogP contribution in [0.15, 0.2) is 15.9 Å². The molecule has 1 nitrogen and oxygen atoms in total. The zero-order valence-electron chi connectivity index (χ0n) is 8.83. The summed E-state index contributed by atoms with van der Waals surface area (Å²) in [4.78, 5) is 12.6. The molecule has 0 bridgehead atoms. The van der Waals surface area contributed by atoms with E-state index in [-0.39, 0.29) is 5.41 Å². The van der Waals surface area contributed by atoms with Crippen molar-refractivity contribution in [1.82, 2.24) is 0 Å². The molecule has 2 unspecified atom stereocenters. The van der Waals surface area contributed by atoms with E-state index < -0.39 is 0 Å². The van der Waals surface area contributed by atoms with Gasteiger partial charge in [-0.05, 0) is 59.7 Å². The van der Waals surface area contributed by atoms with Crippen molar-refractivity contribution in [1.29, 1.82) is 0 Å². The summed E-state index contributed by atoms with van der Waals surface area (Å²) in [7, 11) is 0. The van der Waals surface area contributed by atoms with Crippen molar-refractivity contribution in [3.05, 3.63) is 20.8 Å². The smallest absolute Gasteiger partial charge is 0.126 e. The van der Waals surface area contributed by atoms with Crippen molar-refractivity contribution in [3.63, 3.8) is 0 Å². The van der Waals surface area contributed by atoms with Crippen molar-refractivity contribution in [2.24, 2.45) is 11.3 Å². The molecule has 82 valence electrons. The Bertz CT molecular complexity index is 360. The molecular formula is C12H15BrOS. The van der Waals surface area contributed by atoms with E-state index in [1.54, 1.807) is 11.3 Å². The van der Waals surface area contributed by atoms with Gasteiger partial charge in [0.25, 0.3) is 0 Å². The fraction of sp³-hybridized carbons (Fsp3) is 0.583. The van der Waals surface area contributed by atoms with Crippen LogP contribution in [0.5, 0.6) is 0 Å². The Balaban J connectivity index is 2.12. The molecule has 0 saturated heterocycles. The van der Waals surface area contributed by atoms with E-state index in [0.29, 0.717) is 5.92 Å². The standard InChI is InChI=1S/C12H15BrOS/c1-9-4-5-12(6-9,8-14)7-10-2-3-11(13)15-10/h2-3,8-9H,4-7H2,1H3. The Hall–Kier alpha value is -0.150. The molecule has 2 atom stereocenters. The summed E-state index contributed by atoms with van der Waals surface area (Å²) in [5.41, 5.74) is -0.0658. The van der Waals surface area contributed by atoms with Gasteiger partial charge in [0.2, 0.25) is 0 Å². The average molecular weight is 287 g/mol. The van der Waals surface area contributed by atoms with Gasteiger partial charge in [-0.2, -0.15) is 0 Å². The van der Waals surface area contributed by atoms with Gasteiger partial charge in [0.15, 0.2) is 0 Å². The number of thiophene rings is 1. The quantitative estimate of drug-likeness (QED) is 0.766. The summed E-state index contributed by atoms with van der Waals surface area (Å²) in [6.45, 7) is 2.25. The second-order valence-corrected chi connectivity index (χ2v) is 7.26. The third kappa shape index (κ3) is 2.51. The third-order valence-corrected chi connectivity index (χ3v) is 4.92. The van der Waals surface area contributed by atoms with Crippen LogP contribution in [0.25, 0.3) is 0 Å². The van der Waals surface area contributed by atoms with Gasteiger partial charge in [-0.15, -0.1) is 11.3 Å². The summed E-state index contributed by atoms with van der Waals surface area (Å²) in [6.07, 6.45) is 5.45. The molecule has 0 N–H and O–H groups in total. The third-order valence-electron chi connectivity index (χ3n) is 3.30. The topological polar surface area (TPSA) is 17.1 Å². The maximum Gasteiger partial charge on any atom is 0.126 e. The van der Waals surface area contributed by atoms with Crippen molar-refractivity contribution in [2.45, 2.75) is 32.6 Å². The van der Waals surface area contributed by atoms with E-state index in [0.717, 1.165) is 23.0 Å². The molecule has 1 aromatic rings. The molecule has 1 aliphatic rings. The molecule has 1 fully saturated rings. The van der Waals surface area contributed by atoms with Crippen LogP contribution < -0.4 is 0 Å². The Morgan fingerprint density at radius 1 is 1.67 bits per heavy atom. The SMILES string of the molecule is CC1CCC(C=O)(Cc2ccc(Br)s2)C1. The average Bonchev–Trinajstić information content (AvgIpc) is 2.75. The van der Waals surface area contributed by atoms with Crippen LogP contribution in [0.4, 0.5) is 0 Å². The largest absolute Gasteiger partial charge is 0.303 e. The lowest BCUT2D eigenvalue weighted by Crippen LogP contribution is -2.21. The van der Waals surface area contributed by atoms with Crippen LogP contribution in [0, 0.1) is 11.3 Å². The number of rotatable bonds is 3. The van der Waals surface area contributed by atoms with E-state index in [2.05, 4.69) is 35.0 Å².